The van der Waals surface area contributed by atoms with E-state index in [-0.39, 0.29) is 18.0 Å². The largest absolute Gasteiger partial charge is 0.451 e. The van der Waals surface area contributed by atoms with Crippen molar-refractivity contribution in [1.29, 1.82) is 0 Å². The van der Waals surface area contributed by atoms with Crippen LogP contribution in [0.2, 0.25) is 0 Å². The molecule has 128 valence electrons. The number of hydrogen-bond acceptors (Lipinski definition) is 3. The molecule has 1 saturated heterocycles. The highest BCUT2D eigenvalue weighted by atomic mass is 16.3. The molecule has 1 atom stereocenters. The first kappa shape index (κ1) is 16.4. The van der Waals surface area contributed by atoms with E-state index in [1.165, 1.54) is 0 Å². The van der Waals surface area contributed by atoms with Gasteiger partial charge >= 0.3 is 6.03 Å². The molecule has 24 heavy (non-hydrogen) atoms. The standard InChI is InChI=1S/C18H23N3O3/c1-3-13-14-7-5-6-8-15(14)24-16(13)17(22)20-12-9-10-21(11-12)18(23)19-4-2/h5-8,12H,3-4,9-11H2,1-2H3,(H,19,23)(H,20,22)/t12-/m0/s1. The van der Waals surface area contributed by atoms with Gasteiger partial charge < -0.3 is 20.0 Å². The molecule has 2 heterocycles. The molecule has 3 rings (SSSR count). The van der Waals surface area contributed by atoms with Crippen molar-refractivity contribution in [2.75, 3.05) is 19.6 Å². The number of aryl methyl sites for hydroxylation is 1. The Labute approximate surface area is 141 Å². The second-order valence-electron chi connectivity index (χ2n) is 6.00. The van der Waals surface area contributed by atoms with E-state index < -0.39 is 0 Å². The summed E-state index contributed by atoms with van der Waals surface area (Å²) in [5, 5.41) is 6.77. The number of furan rings is 1. The Morgan fingerprint density at radius 1 is 1.29 bits per heavy atom. The van der Waals surface area contributed by atoms with Crippen LogP contribution in [0.3, 0.4) is 0 Å². The van der Waals surface area contributed by atoms with Gasteiger partial charge in [0.25, 0.3) is 5.91 Å². The molecule has 0 bridgehead atoms. The quantitative estimate of drug-likeness (QED) is 0.905. The van der Waals surface area contributed by atoms with Crippen molar-refractivity contribution >= 4 is 22.9 Å². The van der Waals surface area contributed by atoms with Crippen molar-refractivity contribution in [3.05, 3.63) is 35.6 Å². The first-order chi connectivity index (χ1) is 11.6. The maximum absolute atomic E-state index is 12.6. The third-order valence-corrected chi connectivity index (χ3v) is 4.40. The Morgan fingerprint density at radius 3 is 2.83 bits per heavy atom. The zero-order chi connectivity index (χ0) is 17.1. The third kappa shape index (κ3) is 3.09. The Bertz CT molecular complexity index is 753. The summed E-state index contributed by atoms with van der Waals surface area (Å²) in [4.78, 5) is 26.2. The number of carbonyl (C=O) groups is 2. The van der Waals surface area contributed by atoms with Crippen LogP contribution in [-0.4, -0.2) is 42.5 Å². The fraction of sp³-hybridized carbons (Fsp3) is 0.444. The molecule has 1 aliphatic rings. The van der Waals surface area contributed by atoms with Gasteiger partial charge in [0.2, 0.25) is 0 Å². The maximum Gasteiger partial charge on any atom is 0.317 e. The van der Waals surface area contributed by atoms with Gasteiger partial charge in [0.1, 0.15) is 5.58 Å². The lowest BCUT2D eigenvalue weighted by Gasteiger charge is -2.17. The summed E-state index contributed by atoms with van der Waals surface area (Å²) in [6, 6.07) is 7.57. The minimum atomic E-state index is -0.203. The summed E-state index contributed by atoms with van der Waals surface area (Å²) in [5.74, 6) is 0.181. The van der Waals surface area contributed by atoms with Gasteiger partial charge in [-0.2, -0.15) is 0 Å². The van der Waals surface area contributed by atoms with Crippen molar-refractivity contribution in [3.63, 3.8) is 0 Å². The third-order valence-electron chi connectivity index (χ3n) is 4.40. The molecule has 0 aliphatic carbocycles. The van der Waals surface area contributed by atoms with E-state index in [4.69, 9.17) is 4.42 Å². The number of carbonyl (C=O) groups excluding carboxylic acids is 2. The van der Waals surface area contributed by atoms with Crippen LogP contribution in [0.25, 0.3) is 11.0 Å². The van der Waals surface area contributed by atoms with Gasteiger partial charge in [-0.1, -0.05) is 25.1 Å². The van der Waals surface area contributed by atoms with E-state index in [0.717, 1.165) is 29.4 Å². The van der Waals surface area contributed by atoms with E-state index in [9.17, 15) is 9.59 Å². The highest BCUT2D eigenvalue weighted by Gasteiger charge is 2.29. The van der Waals surface area contributed by atoms with Crippen molar-refractivity contribution < 1.29 is 14.0 Å². The summed E-state index contributed by atoms with van der Waals surface area (Å²) in [6.45, 7) is 5.68. The molecular formula is C18H23N3O3. The number of para-hydroxylation sites is 1. The van der Waals surface area contributed by atoms with Gasteiger partial charge in [0.05, 0.1) is 0 Å². The summed E-state index contributed by atoms with van der Waals surface area (Å²) < 4.78 is 5.77. The number of rotatable bonds is 4. The van der Waals surface area contributed by atoms with Crippen LogP contribution in [0, 0.1) is 0 Å². The van der Waals surface area contributed by atoms with Crippen molar-refractivity contribution in [2.45, 2.75) is 32.7 Å². The molecule has 1 aromatic heterocycles. The molecule has 2 aromatic rings. The van der Waals surface area contributed by atoms with Crippen molar-refractivity contribution in [2.24, 2.45) is 0 Å². The average molecular weight is 329 g/mol. The normalized spacial score (nSPS) is 17.2. The zero-order valence-electron chi connectivity index (χ0n) is 14.1. The fourth-order valence-corrected chi connectivity index (χ4v) is 3.21. The molecule has 1 fully saturated rings. The Balaban J connectivity index is 1.71. The number of hydrogen-bond donors (Lipinski definition) is 2. The first-order valence-corrected chi connectivity index (χ1v) is 8.48. The molecule has 0 spiro atoms. The molecule has 0 radical (unpaired) electrons. The number of benzene rings is 1. The highest BCUT2D eigenvalue weighted by molar-refractivity contribution is 5.99. The van der Waals surface area contributed by atoms with E-state index in [0.29, 0.717) is 25.4 Å². The maximum atomic E-state index is 12.6. The predicted octanol–water partition coefficient (Wildman–Crippen LogP) is 2.53. The smallest absolute Gasteiger partial charge is 0.317 e. The summed E-state index contributed by atoms with van der Waals surface area (Å²) in [5.41, 5.74) is 1.66. The summed E-state index contributed by atoms with van der Waals surface area (Å²) in [7, 11) is 0. The SMILES string of the molecule is CCNC(=O)N1CC[C@H](NC(=O)c2oc3ccccc3c2CC)C1. The van der Waals surface area contributed by atoms with Gasteiger partial charge in [0, 0.05) is 36.6 Å². The van der Waals surface area contributed by atoms with Gasteiger partial charge in [-0.3, -0.25) is 4.79 Å². The molecule has 0 unspecified atom stereocenters. The molecular weight excluding hydrogens is 306 g/mol. The second-order valence-corrected chi connectivity index (χ2v) is 6.00. The summed E-state index contributed by atoms with van der Waals surface area (Å²) >= 11 is 0. The number of urea groups is 1. The lowest BCUT2D eigenvalue weighted by molar-refractivity contribution is 0.0911. The molecule has 0 saturated carbocycles. The lowest BCUT2D eigenvalue weighted by atomic mass is 10.1. The lowest BCUT2D eigenvalue weighted by Crippen LogP contribution is -2.42. The zero-order valence-corrected chi connectivity index (χ0v) is 14.1. The van der Waals surface area contributed by atoms with Crippen LogP contribution in [0.1, 0.15) is 36.4 Å². The van der Waals surface area contributed by atoms with Gasteiger partial charge in [-0.05, 0) is 25.8 Å². The van der Waals surface area contributed by atoms with E-state index >= 15 is 0 Å². The number of likely N-dealkylation sites (tertiary alicyclic amines) is 1. The fourth-order valence-electron chi connectivity index (χ4n) is 3.21. The van der Waals surface area contributed by atoms with Crippen LogP contribution in [-0.2, 0) is 6.42 Å². The topological polar surface area (TPSA) is 74.6 Å². The predicted molar refractivity (Wildman–Crippen MR) is 92.1 cm³/mol. The molecule has 3 amide bonds. The first-order valence-electron chi connectivity index (χ1n) is 8.48. The van der Waals surface area contributed by atoms with Crippen LogP contribution in [0.4, 0.5) is 4.79 Å². The average Bonchev–Trinajstić information content (AvgIpc) is 3.19. The minimum absolute atomic E-state index is 0.0435. The Morgan fingerprint density at radius 2 is 2.08 bits per heavy atom. The molecule has 6 nitrogen and oxygen atoms in total. The Hall–Kier alpha value is -2.50. The van der Waals surface area contributed by atoms with E-state index in [1.54, 1.807) is 4.90 Å². The number of amides is 3. The molecule has 1 aliphatic heterocycles. The summed E-state index contributed by atoms with van der Waals surface area (Å²) in [6.07, 6.45) is 1.49. The van der Waals surface area contributed by atoms with Crippen molar-refractivity contribution in [3.8, 4) is 0 Å². The van der Waals surface area contributed by atoms with Crippen LogP contribution in [0.15, 0.2) is 28.7 Å². The van der Waals surface area contributed by atoms with Crippen LogP contribution >= 0.6 is 0 Å². The van der Waals surface area contributed by atoms with E-state index in [1.807, 2.05) is 38.1 Å². The molecule has 2 N–H and O–H groups in total. The number of fused-ring (bicyclic) bond motifs is 1. The van der Waals surface area contributed by atoms with E-state index in [2.05, 4.69) is 10.6 Å². The van der Waals surface area contributed by atoms with Gasteiger partial charge in [0.15, 0.2) is 5.76 Å². The Kier molecular flexibility index (Phi) is 4.74. The van der Waals surface area contributed by atoms with Gasteiger partial charge in [-0.15, -0.1) is 0 Å². The number of nitrogens with zero attached hydrogens (tertiary/aromatic N) is 1. The van der Waals surface area contributed by atoms with Crippen molar-refractivity contribution in [1.82, 2.24) is 15.5 Å². The van der Waals surface area contributed by atoms with Crippen LogP contribution in [0.5, 0.6) is 0 Å². The van der Waals surface area contributed by atoms with Gasteiger partial charge in [-0.25, -0.2) is 4.79 Å². The molecule has 1 aromatic carbocycles. The highest BCUT2D eigenvalue weighted by Crippen LogP contribution is 2.26. The molecule has 6 heteroatoms. The second kappa shape index (κ2) is 6.95. The number of nitrogens with one attached hydrogen (secondary N) is 2. The minimum Gasteiger partial charge on any atom is -0.451 e. The van der Waals surface area contributed by atoms with Crippen LogP contribution < -0.4 is 10.6 Å². The monoisotopic (exact) mass is 329 g/mol.